The molecule has 322 valence electrons. The predicted molar refractivity (Wildman–Crippen MR) is 221 cm³/mol. The second kappa shape index (κ2) is 20.9. The predicted octanol–water partition coefficient (Wildman–Crippen LogP) is 4.36. The average molecular weight is 800 g/mol. The Morgan fingerprint density at radius 3 is 2.00 bits per heavy atom. The Hall–Kier alpha value is -3.55. The van der Waals surface area contributed by atoms with E-state index in [-0.39, 0.29) is 66.3 Å². The molecule has 2 aliphatic rings. The molecule has 1 saturated carbocycles. The van der Waals surface area contributed by atoms with Gasteiger partial charge in [-0.3, -0.25) is 19.2 Å². The van der Waals surface area contributed by atoms with Crippen LogP contribution in [0.2, 0.25) is 0 Å². The summed E-state index contributed by atoms with van der Waals surface area (Å²) in [5.41, 5.74) is 0.139. The van der Waals surface area contributed by atoms with Crippen LogP contribution in [0.4, 0.5) is 0 Å². The van der Waals surface area contributed by atoms with E-state index in [1.807, 2.05) is 76.8 Å². The topological polar surface area (TPSA) is 156 Å². The van der Waals surface area contributed by atoms with Gasteiger partial charge in [-0.15, -0.1) is 0 Å². The Labute approximate surface area is 342 Å². The first-order chi connectivity index (χ1) is 26.7. The molecule has 1 aromatic carbocycles. The number of likely N-dealkylation sites (N-methyl/N-ethyl adjacent to an activating group) is 2. The number of hydrogen-bond donors (Lipinski definition) is 3. The number of nitrogens with zero attached hydrogens (tertiary/aromatic N) is 2. The van der Waals surface area contributed by atoms with Crippen molar-refractivity contribution >= 4 is 29.6 Å². The first-order valence-electron chi connectivity index (χ1n) is 20.9. The van der Waals surface area contributed by atoms with E-state index in [4.69, 9.17) is 14.2 Å². The fourth-order valence-electron chi connectivity index (χ4n) is 8.47. The van der Waals surface area contributed by atoms with Crippen molar-refractivity contribution in [1.29, 1.82) is 0 Å². The molecule has 1 aliphatic heterocycles. The molecule has 3 rings (SSSR count). The fourth-order valence-corrected chi connectivity index (χ4v) is 8.47. The number of carbonyl (C=O) groups excluding carboxylic acids is 5. The Bertz CT molecular complexity index is 1500. The Morgan fingerprint density at radius 1 is 0.877 bits per heavy atom. The highest BCUT2D eigenvalue weighted by Crippen LogP contribution is 2.50. The van der Waals surface area contributed by atoms with E-state index in [0.29, 0.717) is 12.3 Å². The van der Waals surface area contributed by atoms with E-state index < -0.39 is 53.9 Å². The number of rotatable bonds is 21. The van der Waals surface area contributed by atoms with Crippen molar-refractivity contribution < 1.29 is 38.2 Å². The number of likely N-dealkylation sites (tertiary alicyclic amines) is 1. The zero-order chi connectivity index (χ0) is 42.9. The lowest BCUT2D eigenvalue weighted by Crippen LogP contribution is -2.59. The van der Waals surface area contributed by atoms with Crippen molar-refractivity contribution in [3.05, 3.63) is 35.9 Å². The summed E-state index contributed by atoms with van der Waals surface area (Å²) in [5, 5.41) is 9.00. The van der Waals surface area contributed by atoms with Crippen LogP contribution in [-0.2, 0) is 44.6 Å². The van der Waals surface area contributed by atoms with Crippen molar-refractivity contribution in [2.75, 3.05) is 28.3 Å². The van der Waals surface area contributed by atoms with Crippen LogP contribution in [0.1, 0.15) is 100 Å². The number of piperidine rings is 1. The van der Waals surface area contributed by atoms with E-state index >= 15 is 0 Å². The van der Waals surface area contributed by atoms with Gasteiger partial charge in [0.15, 0.2) is 0 Å². The number of amides is 4. The first kappa shape index (κ1) is 47.8. The lowest BCUT2D eigenvalue weighted by Gasteiger charge is -2.41. The molecule has 2 fully saturated rings. The molecule has 1 heterocycles. The molecule has 4 amide bonds. The zero-order valence-corrected chi connectivity index (χ0v) is 37.1. The zero-order valence-electron chi connectivity index (χ0n) is 37.1. The van der Waals surface area contributed by atoms with Crippen LogP contribution in [0.5, 0.6) is 0 Å². The molecule has 1 aliphatic carbocycles. The minimum Gasteiger partial charge on any atom is -0.458 e. The summed E-state index contributed by atoms with van der Waals surface area (Å²) in [7, 11) is 6.58. The highest BCUT2D eigenvalue weighted by atomic mass is 16.6. The molecule has 8 unspecified atom stereocenters. The molecule has 11 atom stereocenters. The average Bonchev–Trinajstić information content (AvgIpc) is 3.81. The molecule has 13 heteroatoms. The van der Waals surface area contributed by atoms with Crippen molar-refractivity contribution in [2.45, 2.75) is 155 Å². The van der Waals surface area contributed by atoms with E-state index in [9.17, 15) is 24.0 Å². The van der Waals surface area contributed by atoms with E-state index in [0.717, 1.165) is 18.4 Å². The molecule has 3 N–H and O–H groups in total. The van der Waals surface area contributed by atoms with Gasteiger partial charge in [0.1, 0.15) is 17.7 Å². The molecule has 13 nitrogen and oxygen atoms in total. The monoisotopic (exact) mass is 800 g/mol. The van der Waals surface area contributed by atoms with Gasteiger partial charge in [-0.25, -0.2) is 4.79 Å². The molecule has 0 radical (unpaired) electrons. The first-order valence-corrected chi connectivity index (χ1v) is 20.9. The number of methoxy groups -OCH3 is 2. The summed E-state index contributed by atoms with van der Waals surface area (Å²) < 4.78 is 17.8. The molecule has 57 heavy (non-hydrogen) atoms. The molecule has 0 bridgehead atoms. The van der Waals surface area contributed by atoms with Gasteiger partial charge < -0.3 is 40.0 Å². The van der Waals surface area contributed by atoms with Crippen LogP contribution < -0.4 is 16.0 Å². The molecular formula is C44H73N5O8. The van der Waals surface area contributed by atoms with Gasteiger partial charge in [-0.2, -0.15) is 0 Å². The minimum absolute atomic E-state index is 0.0194. The molecule has 0 spiro atoms. The highest BCUT2D eigenvalue weighted by Gasteiger charge is 2.57. The lowest BCUT2D eigenvalue weighted by molar-refractivity contribution is -0.159. The Balaban J connectivity index is 1.83. The molecular weight excluding hydrogens is 727 g/mol. The van der Waals surface area contributed by atoms with Gasteiger partial charge in [0.05, 0.1) is 42.7 Å². The van der Waals surface area contributed by atoms with E-state index in [1.165, 1.54) is 0 Å². The van der Waals surface area contributed by atoms with Gasteiger partial charge >= 0.3 is 5.97 Å². The highest BCUT2D eigenvalue weighted by molar-refractivity contribution is 5.90. The largest absolute Gasteiger partial charge is 0.458 e. The summed E-state index contributed by atoms with van der Waals surface area (Å²) >= 11 is 0. The summed E-state index contributed by atoms with van der Waals surface area (Å²) in [6.45, 7) is 18.9. The van der Waals surface area contributed by atoms with Crippen LogP contribution in [0.15, 0.2) is 30.3 Å². The van der Waals surface area contributed by atoms with Crippen molar-refractivity contribution in [3.8, 4) is 0 Å². The van der Waals surface area contributed by atoms with Crippen molar-refractivity contribution in [3.63, 3.8) is 0 Å². The maximum Gasteiger partial charge on any atom is 0.329 e. The molecule has 1 aromatic rings. The van der Waals surface area contributed by atoms with Crippen LogP contribution in [-0.4, -0.2) is 122 Å². The third-order valence-electron chi connectivity index (χ3n) is 11.9. The number of carbonyl (C=O) groups is 5. The van der Waals surface area contributed by atoms with Gasteiger partial charge in [0, 0.05) is 33.7 Å². The number of esters is 1. The van der Waals surface area contributed by atoms with Crippen molar-refractivity contribution in [1.82, 2.24) is 25.8 Å². The summed E-state index contributed by atoms with van der Waals surface area (Å²) in [6, 6.07) is 6.51. The van der Waals surface area contributed by atoms with E-state index in [1.54, 1.807) is 60.9 Å². The van der Waals surface area contributed by atoms with Gasteiger partial charge in [-0.1, -0.05) is 85.2 Å². The number of benzene rings is 1. The van der Waals surface area contributed by atoms with Crippen LogP contribution >= 0.6 is 0 Å². The second-order valence-electron chi connectivity index (χ2n) is 18.0. The summed E-state index contributed by atoms with van der Waals surface area (Å²) in [5.74, 6) is -2.09. The standard InChI is InChI=1S/C44H73N5O8/c1-15-27(6)38(48(12)42(53)37(26(4)5)47-41(52)36(45-11)25(2)3)34(55-13)24-35(50)49-32-22-30(32)23-33(49)39(56-14)28(7)40(51)46-31(43(54)57-44(8,9)10)21-29-19-17-16-18-20-29/h16-20,25-28,30-34,36-39,45H,15,21-24H2,1-14H3,(H,46,51)(H,47,52)/t27?,28?,30-,31?,32-,33-,34?,36?,37?,38?,39?/m0/s1. The van der Waals surface area contributed by atoms with Crippen LogP contribution in [0, 0.1) is 29.6 Å². The number of hydrogen-bond acceptors (Lipinski definition) is 9. The van der Waals surface area contributed by atoms with E-state index in [2.05, 4.69) is 16.0 Å². The minimum atomic E-state index is -0.919. The third-order valence-corrected chi connectivity index (χ3v) is 11.9. The molecule has 0 aromatic heterocycles. The summed E-state index contributed by atoms with van der Waals surface area (Å²) in [4.78, 5) is 72.9. The van der Waals surface area contributed by atoms with Crippen LogP contribution in [0.25, 0.3) is 0 Å². The molecule has 1 saturated heterocycles. The van der Waals surface area contributed by atoms with Crippen LogP contribution in [0.3, 0.4) is 0 Å². The third kappa shape index (κ3) is 12.5. The fraction of sp³-hybridized carbons (Fsp3) is 0.750. The smallest absolute Gasteiger partial charge is 0.329 e. The maximum absolute atomic E-state index is 14.5. The summed E-state index contributed by atoms with van der Waals surface area (Å²) in [6.07, 6.45) is 1.29. The Kier molecular flexibility index (Phi) is 17.6. The maximum atomic E-state index is 14.5. The number of fused-ring (bicyclic) bond motifs is 1. The number of ether oxygens (including phenoxy) is 3. The Morgan fingerprint density at radius 2 is 1.49 bits per heavy atom. The van der Waals surface area contributed by atoms with Gasteiger partial charge in [-0.05, 0) is 69.9 Å². The number of nitrogens with one attached hydrogen (secondary N) is 3. The quantitative estimate of drug-likeness (QED) is 0.154. The van der Waals surface area contributed by atoms with Crippen molar-refractivity contribution in [2.24, 2.45) is 29.6 Å². The van der Waals surface area contributed by atoms with Gasteiger partial charge in [0.25, 0.3) is 0 Å². The van der Waals surface area contributed by atoms with Gasteiger partial charge in [0.2, 0.25) is 23.6 Å². The SMILES string of the molecule is CCC(C)C(C(CC(=O)N1[C@H](C(OC)C(C)C(=O)NC(Cc2ccccc2)C(=O)OC(C)(C)C)C[C@@H]2C[C@@H]21)OC)N(C)C(=O)C(NC(=O)C(NC)C(C)C)C(C)C. The second-order valence-corrected chi connectivity index (χ2v) is 18.0. The normalized spacial score (nSPS) is 22.0. The lowest BCUT2D eigenvalue weighted by atomic mass is 9.89.